The molecule has 1 atom stereocenters. The van der Waals surface area contributed by atoms with E-state index in [4.69, 9.17) is 4.52 Å². The van der Waals surface area contributed by atoms with Crippen LogP contribution in [-0.4, -0.2) is 10.1 Å². The zero-order valence-electron chi connectivity index (χ0n) is 13.0. The topological polar surface area (TPSA) is 51.0 Å². The Hall–Kier alpha value is -1.75. The van der Waals surface area contributed by atoms with E-state index in [1.54, 1.807) is 0 Å². The Balaban J connectivity index is 2.12. The van der Waals surface area contributed by atoms with Gasteiger partial charge in [-0.2, -0.15) is 4.98 Å². The number of aryl methyl sites for hydroxylation is 1. The van der Waals surface area contributed by atoms with Crippen molar-refractivity contribution in [2.45, 2.75) is 46.7 Å². The number of hydrogen-bond acceptors (Lipinski definition) is 4. The molecule has 21 heavy (non-hydrogen) atoms. The number of halogens is 1. The van der Waals surface area contributed by atoms with Crippen LogP contribution in [0.4, 0.5) is 4.39 Å². The number of rotatable bonds is 5. The molecule has 0 spiro atoms. The van der Waals surface area contributed by atoms with Crippen LogP contribution in [0.2, 0.25) is 0 Å². The second kappa shape index (κ2) is 6.35. The number of nitrogens with zero attached hydrogens (tertiary/aromatic N) is 2. The van der Waals surface area contributed by atoms with Crippen molar-refractivity contribution in [3.63, 3.8) is 0 Å². The normalized spacial score (nSPS) is 13.4. The molecular weight excluding hydrogens is 269 g/mol. The lowest BCUT2D eigenvalue weighted by molar-refractivity contribution is 0.267. The molecule has 0 saturated heterocycles. The van der Waals surface area contributed by atoms with Gasteiger partial charge in [0.1, 0.15) is 5.82 Å². The predicted octanol–water partition coefficient (Wildman–Crippen LogP) is 3.65. The highest BCUT2D eigenvalue weighted by Gasteiger charge is 2.26. The van der Waals surface area contributed by atoms with Crippen molar-refractivity contribution in [2.24, 2.45) is 5.41 Å². The van der Waals surface area contributed by atoms with E-state index in [2.05, 4.69) is 36.2 Å². The SMILES string of the molecule is CCc1nc(CN[C@H](c2ccc(F)cc2)C(C)(C)C)no1. The van der Waals surface area contributed by atoms with Gasteiger partial charge in [0.05, 0.1) is 6.54 Å². The molecule has 4 nitrogen and oxygen atoms in total. The molecule has 114 valence electrons. The van der Waals surface area contributed by atoms with Gasteiger partial charge in [0.15, 0.2) is 5.82 Å². The van der Waals surface area contributed by atoms with Gasteiger partial charge in [-0.05, 0) is 23.1 Å². The van der Waals surface area contributed by atoms with Crippen LogP contribution in [0.15, 0.2) is 28.8 Å². The van der Waals surface area contributed by atoms with E-state index in [1.807, 2.05) is 19.1 Å². The van der Waals surface area contributed by atoms with E-state index in [0.29, 0.717) is 18.3 Å². The fraction of sp³-hybridized carbons (Fsp3) is 0.500. The molecule has 0 radical (unpaired) electrons. The third-order valence-corrected chi connectivity index (χ3v) is 3.35. The van der Waals surface area contributed by atoms with Crippen molar-refractivity contribution in [1.82, 2.24) is 15.5 Å². The molecule has 0 bridgehead atoms. The molecule has 1 heterocycles. The first-order valence-electron chi connectivity index (χ1n) is 7.20. The Morgan fingerprint density at radius 2 is 1.90 bits per heavy atom. The maximum absolute atomic E-state index is 13.1. The average molecular weight is 291 g/mol. The van der Waals surface area contributed by atoms with Gasteiger partial charge in [-0.15, -0.1) is 0 Å². The van der Waals surface area contributed by atoms with Crippen molar-refractivity contribution in [1.29, 1.82) is 0 Å². The number of aromatic nitrogens is 2. The Kier molecular flexibility index (Phi) is 4.73. The van der Waals surface area contributed by atoms with Gasteiger partial charge in [-0.3, -0.25) is 0 Å². The van der Waals surface area contributed by atoms with Gasteiger partial charge in [-0.25, -0.2) is 4.39 Å². The van der Waals surface area contributed by atoms with E-state index >= 15 is 0 Å². The number of hydrogen-bond donors (Lipinski definition) is 1. The highest BCUT2D eigenvalue weighted by molar-refractivity contribution is 5.21. The van der Waals surface area contributed by atoms with Crippen molar-refractivity contribution >= 4 is 0 Å². The zero-order chi connectivity index (χ0) is 15.5. The van der Waals surface area contributed by atoms with Gasteiger partial charge < -0.3 is 9.84 Å². The summed E-state index contributed by atoms with van der Waals surface area (Å²) in [6.07, 6.45) is 0.730. The molecule has 0 fully saturated rings. The van der Waals surface area contributed by atoms with Crippen molar-refractivity contribution < 1.29 is 8.91 Å². The van der Waals surface area contributed by atoms with Gasteiger partial charge in [0, 0.05) is 12.5 Å². The minimum atomic E-state index is -0.225. The Bertz CT molecular complexity index is 572. The quantitative estimate of drug-likeness (QED) is 0.913. The molecule has 0 aliphatic rings. The van der Waals surface area contributed by atoms with Crippen LogP contribution in [0.3, 0.4) is 0 Å². The van der Waals surface area contributed by atoms with Crippen LogP contribution in [0.5, 0.6) is 0 Å². The van der Waals surface area contributed by atoms with Crippen molar-refractivity contribution in [2.75, 3.05) is 0 Å². The Morgan fingerprint density at radius 3 is 2.43 bits per heavy atom. The van der Waals surface area contributed by atoms with Crippen LogP contribution in [0.1, 0.15) is 51.0 Å². The lowest BCUT2D eigenvalue weighted by Gasteiger charge is -2.31. The molecule has 0 saturated carbocycles. The highest BCUT2D eigenvalue weighted by Crippen LogP contribution is 2.32. The van der Waals surface area contributed by atoms with Crippen LogP contribution < -0.4 is 5.32 Å². The predicted molar refractivity (Wildman–Crippen MR) is 79.1 cm³/mol. The number of benzene rings is 1. The van der Waals surface area contributed by atoms with Crippen LogP contribution >= 0.6 is 0 Å². The van der Waals surface area contributed by atoms with Crippen molar-refractivity contribution in [3.05, 3.63) is 47.4 Å². The summed E-state index contributed by atoms with van der Waals surface area (Å²) in [5.41, 5.74) is 1.03. The molecule has 0 amide bonds. The summed E-state index contributed by atoms with van der Waals surface area (Å²) in [6.45, 7) is 8.91. The van der Waals surface area contributed by atoms with Crippen LogP contribution in [0, 0.1) is 11.2 Å². The first-order chi connectivity index (χ1) is 9.90. The Labute approximate surface area is 124 Å². The van der Waals surface area contributed by atoms with E-state index in [-0.39, 0.29) is 17.3 Å². The highest BCUT2D eigenvalue weighted by atomic mass is 19.1. The summed E-state index contributed by atoms with van der Waals surface area (Å²) in [4.78, 5) is 4.29. The maximum atomic E-state index is 13.1. The van der Waals surface area contributed by atoms with Crippen molar-refractivity contribution in [3.8, 4) is 0 Å². The summed E-state index contributed by atoms with van der Waals surface area (Å²) in [7, 11) is 0. The maximum Gasteiger partial charge on any atom is 0.226 e. The molecule has 5 heteroatoms. The minimum absolute atomic E-state index is 0.0187. The third kappa shape index (κ3) is 4.11. The summed E-state index contributed by atoms with van der Waals surface area (Å²) < 4.78 is 18.2. The monoisotopic (exact) mass is 291 g/mol. The zero-order valence-corrected chi connectivity index (χ0v) is 13.0. The van der Waals surface area contributed by atoms with E-state index in [1.165, 1.54) is 12.1 Å². The standard InChI is InChI=1S/C16H22FN3O/c1-5-14-19-13(20-21-14)10-18-15(16(2,3)4)11-6-8-12(17)9-7-11/h6-9,15,18H,5,10H2,1-4H3/t15-/m1/s1. The molecular formula is C16H22FN3O. The third-order valence-electron chi connectivity index (χ3n) is 3.35. The smallest absolute Gasteiger partial charge is 0.226 e. The lowest BCUT2D eigenvalue weighted by Crippen LogP contribution is -2.32. The first kappa shape index (κ1) is 15.6. The molecule has 2 aromatic rings. The summed E-state index contributed by atoms with van der Waals surface area (Å²) in [5.74, 6) is 1.06. The second-order valence-corrected chi connectivity index (χ2v) is 6.19. The number of nitrogens with one attached hydrogen (secondary N) is 1. The molecule has 1 aromatic carbocycles. The lowest BCUT2D eigenvalue weighted by atomic mass is 9.82. The van der Waals surface area contributed by atoms with Crippen LogP contribution in [0.25, 0.3) is 0 Å². The van der Waals surface area contributed by atoms with E-state index in [9.17, 15) is 4.39 Å². The summed E-state index contributed by atoms with van der Waals surface area (Å²) in [6, 6.07) is 6.66. The largest absolute Gasteiger partial charge is 0.339 e. The summed E-state index contributed by atoms with van der Waals surface area (Å²) >= 11 is 0. The molecule has 1 N–H and O–H groups in total. The molecule has 0 unspecified atom stereocenters. The molecule has 0 aliphatic heterocycles. The average Bonchev–Trinajstić information content (AvgIpc) is 2.87. The first-order valence-corrected chi connectivity index (χ1v) is 7.20. The van der Waals surface area contributed by atoms with Gasteiger partial charge in [0.25, 0.3) is 0 Å². The Morgan fingerprint density at radius 1 is 1.24 bits per heavy atom. The van der Waals surface area contributed by atoms with Gasteiger partial charge in [0.2, 0.25) is 5.89 Å². The molecule has 1 aromatic heterocycles. The minimum Gasteiger partial charge on any atom is -0.339 e. The van der Waals surface area contributed by atoms with Gasteiger partial charge >= 0.3 is 0 Å². The van der Waals surface area contributed by atoms with E-state index in [0.717, 1.165) is 12.0 Å². The second-order valence-electron chi connectivity index (χ2n) is 6.19. The van der Waals surface area contributed by atoms with E-state index < -0.39 is 0 Å². The fourth-order valence-corrected chi connectivity index (χ4v) is 2.28. The van der Waals surface area contributed by atoms with Gasteiger partial charge in [-0.1, -0.05) is 45.0 Å². The fourth-order valence-electron chi connectivity index (χ4n) is 2.28. The molecule has 0 aliphatic carbocycles. The molecule has 2 rings (SSSR count). The summed E-state index contributed by atoms with van der Waals surface area (Å²) in [5, 5.41) is 7.38. The van der Waals surface area contributed by atoms with Crippen LogP contribution in [-0.2, 0) is 13.0 Å².